The predicted molar refractivity (Wildman–Crippen MR) is 119 cm³/mol. The first kappa shape index (κ1) is 23.8. The van der Waals surface area contributed by atoms with E-state index in [1.54, 1.807) is 43.3 Å². The number of carbonyl (C=O) groups is 1. The molecule has 0 saturated heterocycles. The van der Waals surface area contributed by atoms with E-state index >= 15 is 0 Å². The summed E-state index contributed by atoms with van der Waals surface area (Å²) in [5.74, 6) is 0.797. The van der Waals surface area contributed by atoms with Crippen molar-refractivity contribution in [1.82, 2.24) is 5.32 Å². The van der Waals surface area contributed by atoms with E-state index in [-0.39, 0.29) is 13.2 Å². The maximum Gasteiger partial charge on any atom is 0.244 e. The molecule has 2 rings (SSSR count). The standard InChI is InChI=1S/C21H27ClN2O5S/c1-5-20(24(30(4,26)27)16-7-10-17(28-3)11-8-16)21(25)23-12-13-29-18-9-6-15(2)19(22)14-18/h6-11,14,20H,5,12-13H2,1-4H3,(H,23,25). The van der Waals surface area contributed by atoms with Crippen LogP contribution in [0.5, 0.6) is 11.5 Å². The Hall–Kier alpha value is -2.45. The van der Waals surface area contributed by atoms with Crippen molar-refractivity contribution in [3.8, 4) is 11.5 Å². The van der Waals surface area contributed by atoms with E-state index in [2.05, 4.69) is 5.32 Å². The average Bonchev–Trinajstić information content (AvgIpc) is 2.71. The van der Waals surface area contributed by atoms with Crippen LogP contribution in [0.15, 0.2) is 42.5 Å². The molecule has 164 valence electrons. The number of nitrogens with one attached hydrogen (secondary N) is 1. The molecular formula is C21H27ClN2O5S. The Kier molecular flexibility index (Phi) is 8.37. The third-order valence-electron chi connectivity index (χ3n) is 4.47. The summed E-state index contributed by atoms with van der Waals surface area (Å²) in [6, 6.07) is 11.0. The number of sulfonamides is 1. The van der Waals surface area contributed by atoms with Gasteiger partial charge in [-0.05, 0) is 55.3 Å². The van der Waals surface area contributed by atoms with E-state index in [4.69, 9.17) is 21.1 Å². The molecule has 0 saturated carbocycles. The lowest BCUT2D eigenvalue weighted by molar-refractivity contribution is -0.122. The first-order valence-electron chi connectivity index (χ1n) is 9.47. The van der Waals surface area contributed by atoms with Crippen molar-refractivity contribution >= 4 is 33.2 Å². The molecule has 9 heteroatoms. The van der Waals surface area contributed by atoms with E-state index in [1.807, 2.05) is 13.0 Å². The van der Waals surface area contributed by atoms with Gasteiger partial charge in [0.2, 0.25) is 15.9 Å². The number of hydrogen-bond acceptors (Lipinski definition) is 5. The molecule has 1 unspecified atom stereocenters. The second kappa shape index (κ2) is 10.5. The number of nitrogens with zero attached hydrogens (tertiary/aromatic N) is 1. The number of amides is 1. The van der Waals surface area contributed by atoms with Crippen LogP contribution in [-0.4, -0.2) is 46.9 Å². The maximum atomic E-state index is 12.8. The average molecular weight is 455 g/mol. The Bertz CT molecular complexity index is 964. The van der Waals surface area contributed by atoms with Gasteiger partial charge in [0.25, 0.3) is 0 Å². The Labute approximate surface area is 183 Å². The molecule has 0 radical (unpaired) electrons. The first-order valence-corrected chi connectivity index (χ1v) is 11.7. The molecule has 2 aromatic rings. The van der Waals surface area contributed by atoms with Crippen LogP contribution in [-0.2, 0) is 14.8 Å². The Morgan fingerprint density at radius 1 is 1.17 bits per heavy atom. The quantitative estimate of drug-likeness (QED) is 0.556. The summed E-state index contributed by atoms with van der Waals surface area (Å²) < 4.78 is 36.7. The van der Waals surface area contributed by atoms with Crippen LogP contribution >= 0.6 is 11.6 Å². The number of rotatable bonds is 10. The van der Waals surface area contributed by atoms with Crippen molar-refractivity contribution in [3.05, 3.63) is 53.1 Å². The SMILES string of the molecule is CCC(C(=O)NCCOc1ccc(C)c(Cl)c1)N(c1ccc(OC)cc1)S(C)(=O)=O. The van der Waals surface area contributed by atoms with Crippen molar-refractivity contribution in [2.24, 2.45) is 0 Å². The van der Waals surface area contributed by atoms with Gasteiger partial charge < -0.3 is 14.8 Å². The van der Waals surface area contributed by atoms with E-state index in [1.165, 1.54) is 7.11 Å². The summed E-state index contributed by atoms with van der Waals surface area (Å²) in [5.41, 5.74) is 1.34. The monoisotopic (exact) mass is 454 g/mol. The van der Waals surface area contributed by atoms with Crippen molar-refractivity contribution in [2.75, 3.05) is 30.8 Å². The summed E-state index contributed by atoms with van der Waals surface area (Å²) in [7, 11) is -2.16. The molecule has 0 aromatic heterocycles. The van der Waals surface area contributed by atoms with Gasteiger partial charge in [-0.1, -0.05) is 24.6 Å². The molecule has 0 aliphatic rings. The topological polar surface area (TPSA) is 84.9 Å². The van der Waals surface area contributed by atoms with Crippen LogP contribution in [0.25, 0.3) is 0 Å². The summed E-state index contributed by atoms with van der Waals surface area (Å²) in [6.45, 7) is 4.11. The smallest absolute Gasteiger partial charge is 0.244 e. The predicted octanol–water partition coefficient (Wildman–Crippen LogP) is 3.40. The number of benzene rings is 2. The summed E-state index contributed by atoms with van der Waals surface area (Å²) in [4.78, 5) is 12.8. The number of anilines is 1. The fraction of sp³-hybridized carbons (Fsp3) is 0.381. The molecule has 7 nitrogen and oxygen atoms in total. The highest BCUT2D eigenvalue weighted by Gasteiger charge is 2.31. The number of aryl methyl sites for hydroxylation is 1. The molecule has 0 spiro atoms. The van der Waals surface area contributed by atoms with Gasteiger partial charge in [-0.2, -0.15) is 0 Å². The number of halogens is 1. The van der Waals surface area contributed by atoms with Crippen LogP contribution in [0.2, 0.25) is 5.02 Å². The molecule has 0 aliphatic heterocycles. The van der Waals surface area contributed by atoms with Gasteiger partial charge >= 0.3 is 0 Å². The molecule has 2 aromatic carbocycles. The van der Waals surface area contributed by atoms with Crippen LogP contribution in [0.1, 0.15) is 18.9 Å². The first-order chi connectivity index (χ1) is 14.2. The fourth-order valence-electron chi connectivity index (χ4n) is 2.91. The highest BCUT2D eigenvalue weighted by atomic mass is 35.5. The molecule has 0 fully saturated rings. The molecule has 0 aliphatic carbocycles. The summed E-state index contributed by atoms with van der Waals surface area (Å²) >= 11 is 6.07. The van der Waals surface area contributed by atoms with Gasteiger partial charge in [-0.3, -0.25) is 9.10 Å². The minimum absolute atomic E-state index is 0.223. The van der Waals surface area contributed by atoms with Crippen LogP contribution in [0.4, 0.5) is 5.69 Å². The third-order valence-corrected chi connectivity index (χ3v) is 6.06. The van der Waals surface area contributed by atoms with Crippen LogP contribution in [0.3, 0.4) is 0 Å². The van der Waals surface area contributed by atoms with E-state index < -0.39 is 22.0 Å². The number of hydrogen-bond donors (Lipinski definition) is 1. The lowest BCUT2D eigenvalue weighted by Gasteiger charge is -2.30. The molecule has 30 heavy (non-hydrogen) atoms. The van der Waals surface area contributed by atoms with Gasteiger partial charge in [0.15, 0.2) is 0 Å². The molecule has 0 bridgehead atoms. The van der Waals surface area contributed by atoms with Crippen molar-refractivity contribution in [1.29, 1.82) is 0 Å². The van der Waals surface area contributed by atoms with Gasteiger partial charge in [-0.15, -0.1) is 0 Å². The third kappa shape index (κ3) is 6.27. The number of carbonyl (C=O) groups excluding carboxylic acids is 1. The Balaban J connectivity index is 2.04. The minimum atomic E-state index is -3.69. The highest BCUT2D eigenvalue weighted by molar-refractivity contribution is 7.92. The van der Waals surface area contributed by atoms with Gasteiger partial charge in [0.05, 0.1) is 25.6 Å². The van der Waals surface area contributed by atoms with Crippen LogP contribution in [0, 0.1) is 6.92 Å². The van der Waals surface area contributed by atoms with Gasteiger partial charge in [0, 0.05) is 5.02 Å². The minimum Gasteiger partial charge on any atom is -0.497 e. The van der Waals surface area contributed by atoms with Crippen molar-refractivity contribution < 1.29 is 22.7 Å². The van der Waals surface area contributed by atoms with E-state index in [9.17, 15) is 13.2 Å². The zero-order valence-electron chi connectivity index (χ0n) is 17.5. The molecule has 0 heterocycles. The maximum absolute atomic E-state index is 12.8. The molecular weight excluding hydrogens is 428 g/mol. The second-order valence-corrected chi connectivity index (χ2v) is 9.00. The molecule has 1 N–H and O–H groups in total. The number of ether oxygens (including phenoxy) is 2. The Morgan fingerprint density at radius 3 is 2.33 bits per heavy atom. The highest BCUT2D eigenvalue weighted by Crippen LogP contribution is 2.25. The molecule has 1 amide bonds. The zero-order chi connectivity index (χ0) is 22.3. The van der Waals surface area contributed by atoms with E-state index in [0.29, 0.717) is 28.6 Å². The van der Waals surface area contributed by atoms with Crippen molar-refractivity contribution in [3.63, 3.8) is 0 Å². The van der Waals surface area contributed by atoms with Crippen LogP contribution < -0.4 is 19.1 Å². The number of methoxy groups -OCH3 is 1. The van der Waals surface area contributed by atoms with Gasteiger partial charge in [0.1, 0.15) is 24.1 Å². The largest absolute Gasteiger partial charge is 0.497 e. The lowest BCUT2D eigenvalue weighted by Crippen LogP contribution is -2.50. The summed E-state index contributed by atoms with van der Waals surface area (Å²) in [5, 5.41) is 3.35. The Morgan fingerprint density at radius 2 is 1.80 bits per heavy atom. The second-order valence-electron chi connectivity index (χ2n) is 6.73. The zero-order valence-corrected chi connectivity index (χ0v) is 19.1. The van der Waals surface area contributed by atoms with E-state index in [0.717, 1.165) is 16.1 Å². The van der Waals surface area contributed by atoms with Crippen molar-refractivity contribution in [2.45, 2.75) is 26.3 Å². The normalized spacial score (nSPS) is 12.2. The lowest BCUT2D eigenvalue weighted by atomic mass is 10.2. The van der Waals surface area contributed by atoms with Gasteiger partial charge in [-0.25, -0.2) is 8.42 Å². The summed E-state index contributed by atoms with van der Waals surface area (Å²) in [6.07, 6.45) is 1.39. The fourth-order valence-corrected chi connectivity index (χ4v) is 4.30. The molecule has 1 atom stereocenters.